The lowest BCUT2D eigenvalue weighted by atomic mass is 10.1. The average molecular weight is 269 g/mol. The molecular formula is C12H14ClFN4. The molecule has 1 atom stereocenters. The Morgan fingerprint density at radius 1 is 1.50 bits per heavy atom. The van der Waals surface area contributed by atoms with Crippen LogP contribution >= 0.6 is 11.6 Å². The van der Waals surface area contributed by atoms with Crippen LogP contribution in [0, 0.1) is 5.82 Å². The predicted octanol–water partition coefficient (Wildman–Crippen LogP) is 2.46. The summed E-state index contributed by atoms with van der Waals surface area (Å²) < 4.78 is 15.2. The third-order valence-electron chi connectivity index (χ3n) is 2.82. The van der Waals surface area contributed by atoms with E-state index in [1.165, 1.54) is 6.07 Å². The summed E-state index contributed by atoms with van der Waals surface area (Å²) in [5.74, 6) is 0.428. The average Bonchev–Trinajstić information content (AvgIpc) is 2.75. The molecule has 0 amide bonds. The highest BCUT2D eigenvalue weighted by Gasteiger charge is 2.09. The number of hydrogen-bond donors (Lipinski definition) is 1. The smallest absolute Gasteiger partial charge is 0.146 e. The third-order valence-corrected chi connectivity index (χ3v) is 3.12. The second-order valence-corrected chi connectivity index (χ2v) is 4.54. The van der Waals surface area contributed by atoms with Crippen LogP contribution in [0.2, 0.25) is 5.02 Å². The highest BCUT2D eigenvalue weighted by Crippen LogP contribution is 2.20. The van der Waals surface area contributed by atoms with Gasteiger partial charge < -0.3 is 9.88 Å². The second kappa shape index (κ2) is 5.46. The number of halogens is 2. The Kier molecular flexibility index (Phi) is 3.93. The van der Waals surface area contributed by atoms with Crippen LogP contribution in [0.25, 0.3) is 0 Å². The lowest BCUT2D eigenvalue weighted by Crippen LogP contribution is -2.20. The van der Waals surface area contributed by atoms with E-state index in [1.54, 1.807) is 18.5 Å². The number of benzene rings is 1. The molecule has 1 unspecified atom stereocenters. The van der Waals surface area contributed by atoms with Gasteiger partial charge in [-0.15, -0.1) is 10.2 Å². The molecule has 0 aliphatic rings. The molecule has 2 aromatic rings. The van der Waals surface area contributed by atoms with Crippen molar-refractivity contribution in [2.45, 2.75) is 19.5 Å². The minimum atomic E-state index is -0.401. The summed E-state index contributed by atoms with van der Waals surface area (Å²) in [5, 5.41) is 11.2. The summed E-state index contributed by atoms with van der Waals surface area (Å²) in [7, 11) is 1.88. The molecule has 0 aliphatic heterocycles. The molecule has 1 aromatic carbocycles. The Hall–Kier alpha value is -1.46. The van der Waals surface area contributed by atoms with Crippen LogP contribution in [-0.4, -0.2) is 14.8 Å². The zero-order valence-electron chi connectivity index (χ0n) is 10.2. The largest absolute Gasteiger partial charge is 0.320 e. The van der Waals surface area contributed by atoms with Gasteiger partial charge in [0.2, 0.25) is 0 Å². The van der Waals surface area contributed by atoms with Crippen LogP contribution < -0.4 is 5.32 Å². The van der Waals surface area contributed by atoms with Gasteiger partial charge in [-0.1, -0.05) is 17.7 Å². The molecule has 0 radical (unpaired) electrons. The molecule has 1 aromatic heterocycles. The fourth-order valence-corrected chi connectivity index (χ4v) is 1.73. The summed E-state index contributed by atoms with van der Waals surface area (Å²) in [5.41, 5.74) is 0.846. The lowest BCUT2D eigenvalue weighted by Gasteiger charge is -2.14. The van der Waals surface area contributed by atoms with Crippen molar-refractivity contribution >= 4 is 11.6 Å². The molecule has 2 rings (SSSR count). The minimum absolute atomic E-state index is 0.00784. The van der Waals surface area contributed by atoms with Crippen molar-refractivity contribution in [1.82, 2.24) is 20.1 Å². The fourth-order valence-electron chi connectivity index (χ4n) is 1.61. The summed E-state index contributed by atoms with van der Waals surface area (Å²) in [6.07, 6.45) is 1.64. The van der Waals surface area contributed by atoms with Gasteiger partial charge in [0.05, 0.1) is 11.6 Å². The Morgan fingerprint density at radius 2 is 2.28 bits per heavy atom. The van der Waals surface area contributed by atoms with Gasteiger partial charge in [-0.3, -0.25) is 0 Å². The monoisotopic (exact) mass is 268 g/mol. The van der Waals surface area contributed by atoms with E-state index in [0.29, 0.717) is 6.54 Å². The normalized spacial score (nSPS) is 12.7. The highest BCUT2D eigenvalue weighted by molar-refractivity contribution is 6.30. The van der Waals surface area contributed by atoms with E-state index in [1.807, 2.05) is 18.5 Å². The molecule has 4 nitrogen and oxygen atoms in total. The maximum atomic E-state index is 13.3. The molecule has 96 valence electrons. The third kappa shape index (κ3) is 2.86. The van der Waals surface area contributed by atoms with Crippen LogP contribution in [0.1, 0.15) is 24.4 Å². The Labute approximate surface area is 110 Å². The SMILES string of the molecule is CC(NCc1nncn1C)c1ccc(Cl)c(F)c1. The van der Waals surface area contributed by atoms with E-state index in [9.17, 15) is 4.39 Å². The first kappa shape index (κ1) is 13.0. The number of hydrogen-bond acceptors (Lipinski definition) is 3. The van der Waals surface area contributed by atoms with Crippen LogP contribution in [0.5, 0.6) is 0 Å². The molecule has 0 spiro atoms. The quantitative estimate of drug-likeness (QED) is 0.926. The molecule has 1 heterocycles. The lowest BCUT2D eigenvalue weighted by molar-refractivity contribution is 0.542. The molecule has 18 heavy (non-hydrogen) atoms. The van der Waals surface area contributed by atoms with Crippen molar-refractivity contribution in [1.29, 1.82) is 0 Å². The Morgan fingerprint density at radius 3 is 2.89 bits per heavy atom. The maximum Gasteiger partial charge on any atom is 0.146 e. The van der Waals surface area contributed by atoms with E-state index in [0.717, 1.165) is 11.4 Å². The first-order valence-electron chi connectivity index (χ1n) is 5.59. The van der Waals surface area contributed by atoms with Gasteiger partial charge in [0.15, 0.2) is 0 Å². The summed E-state index contributed by atoms with van der Waals surface area (Å²) in [6, 6.07) is 4.82. The number of aryl methyl sites for hydroxylation is 1. The van der Waals surface area contributed by atoms with Gasteiger partial charge in [0, 0.05) is 13.1 Å². The van der Waals surface area contributed by atoms with Crippen molar-refractivity contribution < 1.29 is 4.39 Å². The molecule has 0 aliphatic carbocycles. The van der Waals surface area contributed by atoms with Crippen molar-refractivity contribution in [2.24, 2.45) is 7.05 Å². The van der Waals surface area contributed by atoms with Crippen molar-refractivity contribution in [3.05, 3.63) is 46.8 Å². The van der Waals surface area contributed by atoms with Gasteiger partial charge in [-0.25, -0.2) is 4.39 Å². The zero-order chi connectivity index (χ0) is 13.1. The number of rotatable bonds is 4. The molecular weight excluding hydrogens is 255 g/mol. The van der Waals surface area contributed by atoms with E-state index in [-0.39, 0.29) is 11.1 Å². The first-order valence-corrected chi connectivity index (χ1v) is 5.97. The molecule has 0 saturated heterocycles. The van der Waals surface area contributed by atoms with Crippen molar-refractivity contribution in [3.8, 4) is 0 Å². The van der Waals surface area contributed by atoms with Crippen LogP contribution in [0.3, 0.4) is 0 Å². The zero-order valence-corrected chi connectivity index (χ0v) is 10.9. The summed E-state index contributed by atoms with van der Waals surface area (Å²) in [4.78, 5) is 0. The molecule has 0 bridgehead atoms. The molecule has 0 saturated carbocycles. The number of nitrogens with one attached hydrogen (secondary N) is 1. The summed E-state index contributed by atoms with van der Waals surface area (Å²) in [6.45, 7) is 2.53. The van der Waals surface area contributed by atoms with Crippen LogP contribution in [0.4, 0.5) is 4.39 Å². The standard InChI is InChI=1S/C12H14ClFN4/c1-8(9-3-4-10(13)11(14)5-9)15-6-12-17-16-7-18(12)2/h3-5,7-8,15H,6H2,1-2H3. The first-order chi connectivity index (χ1) is 8.58. The molecule has 6 heteroatoms. The van der Waals surface area contributed by atoms with Crippen LogP contribution in [-0.2, 0) is 13.6 Å². The fraction of sp³-hybridized carbons (Fsp3) is 0.333. The minimum Gasteiger partial charge on any atom is -0.320 e. The van der Waals surface area contributed by atoms with Gasteiger partial charge in [-0.05, 0) is 24.6 Å². The maximum absolute atomic E-state index is 13.3. The molecule has 0 fully saturated rings. The van der Waals surface area contributed by atoms with Gasteiger partial charge in [0.1, 0.15) is 18.0 Å². The van der Waals surface area contributed by atoms with Gasteiger partial charge >= 0.3 is 0 Å². The second-order valence-electron chi connectivity index (χ2n) is 4.13. The highest BCUT2D eigenvalue weighted by atomic mass is 35.5. The topological polar surface area (TPSA) is 42.7 Å². The van der Waals surface area contributed by atoms with E-state index in [2.05, 4.69) is 15.5 Å². The van der Waals surface area contributed by atoms with E-state index >= 15 is 0 Å². The summed E-state index contributed by atoms with van der Waals surface area (Å²) >= 11 is 5.65. The number of aromatic nitrogens is 3. The number of nitrogens with zero attached hydrogens (tertiary/aromatic N) is 3. The van der Waals surface area contributed by atoms with Crippen LogP contribution in [0.15, 0.2) is 24.5 Å². The van der Waals surface area contributed by atoms with Gasteiger partial charge in [0.25, 0.3) is 0 Å². The van der Waals surface area contributed by atoms with Crippen molar-refractivity contribution in [3.63, 3.8) is 0 Å². The predicted molar refractivity (Wildman–Crippen MR) is 67.7 cm³/mol. The van der Waals surface area contributed by atoms with E-state index in [4.69, 9.17) is 11.6 Å². The van der Waals surface area contributed by atoms with Crippen molar-refractivity contribution in [2.75, 3.05) is 0 Å². The molecule has 1 N–H and O–H groups in total. The van der Waals surface area contributed by atoms with Gasteiger partial charge in [-0.2, -0.15) is 0 Å². The Bertz CT molecular complexity index is 541. The Balaban J connectivity index is 2.01. The van der Waals surface area contributed by atoms with E-state index < -0.39 is 5.82 Å².